The first-order chi connectivity index (χ1) is 9.98. The maximum atomic E-state index is 12.2. The fourth-order valence-corrected chi connectivity index (χ4v) is 4.09. The Labute approximate surface area is 128 Å². The highest BCUT2D eigenvalue weighted by molar-refractivity contribution is 7.88. The minimum Gasteiger partial charge on any atom is -0.299 e. The number of rotatable bonds is 6. The molecule has 118 valence electrons. The largest absolute Gasteiger partial charge is 0.299 e. The van der Waals surface area contributed by atoms with E-state index in [1.54, 1.807) is 0 Å². The molecule has 1 aromatic carbocycles. The molecule has 1 aliphatic rings. The van der Waals surface area contributed by atoms with Gasteiger partial charge in [-0.2, -0.15) is 0 Å². The lowest BCUT2D eigenvalue weighted by molar-refractivity contribution is 0.175. The molecule has 21 heavy (non-hydrogen) atoms. The van der Waals surface area contributed by atoms with Crippen LogP contribution in [0.15, 0.2) is 24.3 Å². The van der Waals surface area contributed by atoms with Gasteiger partial charge in [0.05, 0.1) is 5.75 Å². The number of piperidine rings is 1. The van der Waals surface area contributed by atoms with E-state index in [0.717, 1.165) is 24.2 Å². The van der Waals surface area contributed by atoms with Crippen molar-refractivity contribution in [2.75, 3.05) is 19.6 Å². The van der Waals surface area contributed by atoms with Gasteiger partial charge in [-0.25, -0.2) is 13.1 Å². The summed E-state index contributed by atoms with van der Waals surface area (Å²) in [7, 11) is -3.27. The summed E-state index contributed by atoms with van der Waals surface area (Å²) in [5.74, 6) is 0.0619. The summed E-state index contributed by atoms with van der Waals surface area (Å²) in [6.45, 7) is 6.71. The third-order valence-corrected chi connectivity index (χ3v) is 5.52. The van der Waals surface area contributed by atoms with Crippen LogP contribution in [0, 0.1) is 6.92 Å². The zero-order chi connectivity index (χ0) is 15.3. The Morgan fingerprint density at radius 3 is 2.52 bits per heavy atom. The number of sulfonamides is 1. The molecule has 1 atom stereocenters. The molecule has 2 rings (SSSR count). The molecule has 1 saturated heterocycles. The lowest BCUT2D eigenvalue weighted by Crippen LogP contribution is -2.44. The highest BCUT2D eigenvalue weighted by atomic mass is 32.2. The number of hydrogen-bond acceptors (Lipinski definition) is 3. The van der Waals surface area contributed by atoms with Crippen molar-refractivity contribution < 1.29 is 8.42 Å². The summed E-state index contributed by atoms with van der Waals surface area (Å²) in [6, 6.07) is 7.90. The molecule has 0 radical (unpaired) electrons. The van der Waals surface area contributed by atoms with E-state index in [-0.39, 0.29) is 11.8 Å². The Morgan fingerprint density at radius 1 is 1.19 bits per heavy atom. The van der Waals surface area contributed by atoms with E-state index >= 15 is 0 Å². The molecule has 1 heterocycles. The Bertz CT molecular complexity index is 551. The number of hydrogen-bond donors (Lipinski definition) is 1. The summed E-state index contributed by atoms with van der Waals surface area (Å²) >= 11 is 0. The molecule has 4 nitrogen and oxygen atoms in total. The molecule has 1 unspecified atom stereocenters. The minimum absolute atomic E-state index is 0.0619. The van der Waals surface area contributed by atoms with Gasteiger partial charge in [-0.1, -0.05) is 30.7 Å². The molecule has 0 bridgehead atoms. The van der Waals surface area contributed by atoms with Crippen molar-refractivity contribution in [2.24, 2.45) is 0 Å². The van der Waals surface area contributed by atoms with Gasteiger partial charge in [0.15, 0.2) is 0 Å². The Morgan fingerprint density at radius 2 is 1.86 bits per heavy atom. The van der Waals surface area contributed by atoms with E-state index in [4.69, 9.17) is 0 Å². The van der Waals surface area contributed by atoms with E-state index in [2.05, 4.69) is 16.5 Å². The number of aryl methyl sites for hydroxylation is 1. The molecule has 0 amide bonds. The van der Waals surface area contributed by atoms with Crippen LogP contribution in [0.1, 0.15) is 37.3 Å². The van der Waals surface area contributed by atoms with Gasteiger partial charge >= 0.3 is 0 Å². The molecule has 1 N–H and O–H groups in total. The molecule has 0 aromatic heterocycles. The zero-order valence-electron chi connectivity index (χ0n) is 13.0. The monoisotopic (exact) mass is 310 g/mol. The molecule has 5 heteroatoms. The quantitative estimate of drug-likeness (QED) is 0.877. The van der Waals surface area contributed by atoms with E-state index in [1.165, 1.54) is 19.3 Å². The topological polar surface area (TPSA) is 49.4 Å². The standard InChI is InChI=1S/C16H26N2O2S/c1-14-8-4-5-9-16(14)13-21(19,20)17-12-15(2)18-10-6-3-7-11-18/h4-5,8-9,15,17H,3,6-7,10-13H2,1-2H3. The molecular formula is C16H26N2O2S. The summed E-state index contributed by atoms with van der Waals surface area (Å²) < 4.78 is 27.2. The van der Waals surface area contributed by atoms with Crippen LogP contribution in [0.2, 0.25) is 0 Å². The van der Waals surface area contributed by atoms with E-state index in [9.17, 15) is 8.42 Å². The van der Waals surface area contributed by atoms with Crippen LogP contribution in [0.4, 0.5) is 0 Å². The van der Waals surface area contributed by atoms with Crippen LogP contribution in [-0.4, -0.2) is 39.0 Å². The SMILES string of the molecule is Cc1ccccc1CS(=O)(=O)NCC(C)N1CCCCC1. The van der Waals surface area contributed by atoms with Crippen molar-refractivity contribution in [1.82, 2.24) is 9.62 Å². The fraction of sp³-hybridized carbons (Fsp3) is 0.625. The Kier molecular flexibility index (Phi) is 5.79. The predicted molar refractivity (Wildman–Crippen MR) is 86.7 cm³/mol. The van der Waals surface area contributed by atoms with Crippen molar-refractivity contribution in [2.45, 2.75) is 44.9 Å². The molecular weight excluding hydrogens is 284 g/mol. The first-order valence-corrected chi connectivity index (χ1v) is 9.39. The lowest BCUT2D eigenvalue weighted by Gasteiger charge is -2.32. The molecule has 0 aliphatic carbocycles. The van der Waals surface area contributed by atoms with Crippen LogP contribution in [0.25, 0.3) is 0 Å². The van der Waals surface area contributed by atoms with Crippen molar-refractivity contribution in [3.63, 3.8) is 0 Å². The van der Waals surface area contributed by atoms with Crippen molar-refractivity contribution in [3.8, 4) is 0 Å². The van der Waals surface area contributed by atoms with Crippen molar-refractivity contribution in [3.05, 3.63) is 35.4 Å². The maximum Gasteiger partial charge on any atom is 0.215 e. The van der Waals surface area contributed by atoms with Gasteiger partial charge in [-0.05, 0) is 50.9 Å². The second-order valence-corrected chi connectivity index (χ2v) is 7.79. The average molecular weight is 310 g/mol. The van der Waals surface area contributed by atoms with Crippen LogP contribution in [0.5, 0.6) is 0 Å². The van der Waals surface area contributed by atoms with Gasteiger partial charge in [0.2, 0.25) is 10.0 Å². The predicted octanol–water partition coefficient (Wildman–Crippen LogP) is 2.29. The van der Waals surface area contributed by atoms with E-state index in [0.29, 0.717) is 6.54 Å². The Hall–Kier alpha value is -0.910. The number of likely N-dealkylation sites (tertiary alicyclic amines) is 1. The van der Waals surface area contributed by atoms with Gasteiger partial charge < -0.3 is 0 Å². The lowest BCUT2D eigenvalue weighted by atomic mass is 10.1. The fourth-order valence-electron chi connectivity index (χ4n) is 2.76. The third-order valence-electron chi connectivity index (χ3n) is 4.22. The normalized spacial score (nSPS) is 18.6. The summed E-state index contributed by atoms with van der Waals surface area (Å²) in [6.07, 6.45) is 3.74. The van der Waals surface area contributed by atoms with Gasteiger partial charge in [0.1, 0.15) is 0 Å². The number of nitrogens with zero attached hydrogens (tertiary/aromatic N) is 1. The molecule has 1 fully saturated rings. The zero-order valence-corrected chi connectivity index (χ0v) is 13.8. The van der Waals surface area contributed by atoms with Crippen molar-refractivity contribution >= 4 is 10.0 Å². The highest BCUT2D eigenvalue weighted by Crippen LogP contribution is 2.13. The third kappa shape index (κ3) is 5.09. The second-order valence-electron chi connectivity index (χ2n) is 5.98. The number of nitrogens with one attached hydrogen (secondary N) is 1. The van der Waals surface area contributed by atoms with Crippen molar-refractivity contribution in [1.29, 1.82) is 0 Å². The number of benzene rings is 1. The van der Waals surface area contributed by atoms with E-state index < -0.39 is 10.0 Å². The van der Waals surface area contributed by atoms with Crippen LogP contribution in [-0.2, 0) is 15.8 Å². The minimum atomic E-state index is -3.27. The van der Waals surface area contributed by atoms with Gasteiger partial charge in [0, 0.05) is 12.6 Å². The summed E-state index contributed by atoms with van der Waals surface area (Å²) in [5.41, 5.74) is 1.89. The first kappa shape index (κ1) is 16.5. The second kappa shape index (κ2) is 7.38. The maximum absolute atomic E-state index is 12.2. The smallest absolute Gasteiger partial charge is 0.215 e. The van der Waals surface area contributed by atoms with Gasteiger partial charge in [0.25, 0.3) is 0 Å². The Balaban J connectivity index is 1.87. The summed E-state index contributed by atoms with van der Waals surface area (Å²) in [5, 5.41) is 0. The first-order valence-electron chi connectivity index (χ1n) is 7.74. The molecule has 0 spiro atoms. The molecule has 1 aromatic rings. The molecule has 1 aliphatic heterocycles. The molecule has 0 saturated carbocycles. The van der Waals surface area contributed by atoms with E-state index in [1.807, 2.05) is 31.2 Å². The highest BCUT2D eigenvalue weighted by Gasteiger charge is 2.19. The average Bonchev–Trinajstić information content (AvgIpc) is 2.48. The van der Waals surface area contributed by atoms with Crippen LogP contribution >= 0.6 is 0 Å². The van der Waals surface area contributed by atoms with Gasteiger partial charge in [-0.15, -0.1) is 0 Å². The van der Waals surface area contributed by atoms with Crippen LogP contribution < -0.4 is 4.72 Å². The van der Waals surface area contributed by atoms with Gasteiger partial charge in [-0.3, -0.25) is 4.90 Å². The van der Waals surface area contributed by atoms with Crippen LogP contribution in [0.3, 0.4) is 0 Å². The summed E-state index contributed by atoms with van der Waals surface area (Å²) in [4.78, 5) is 2.37.